The van der Waals surface area contributed by atoms with Gasteiger partial charge in [0.2, 0.25) is 11.8 Å². The van der Waals surface area contributed by atoms with Gasteiger partial charge in [-0.05, 0) is 31.4 Å². The molecule has 1 atom stereocenters. The molecule has 1 aromatic carbocycles. The van der Waals surface area contributed by atoms with Gasteiger partial charge in [-0.2, -0.15) is 0 Å². The van der Waals surface area contributed by atoms with Crippen LogP contribution in [0.4, 0.5) is 0 Å². The van der Waals surface area contributed by atoms with Crippen LogP contribution in [0.5, 0.6) is 5.75 Å². The molecular formula is C17H24N2O4. The van der Waals surface area contributed by atoms with E-state index >= 15 is 0 Å². The summed E-state index contributed by atoms with van der Waals surface area (Å²) in [5.74, 6) is 0.686. The van der Waals surface area contributed by atoms with Crippen LogP contribution in [0.25, 0.3) is 0 Å². The van der Waals surface area contributed by atoms with Crippen LogP contribution in [0.3, 0.4) is 0 Å². The van der Waals surface area contributed by atoms with Crippen LogP contribution < -0.4 is 15.4 Å². The fourth-order valence-electron chi connectivity index (χ4n) is 2.31. The second-order valence-corrected chi connectivity index (χ2v) is 5.41. The van der Waals surface area contributed by atoms with Crippen molar-refractivity contribution in [1.82, 2.24) is 10.6 Å². The fourth-order valence-corrected chi connectivity index (χ4v) is 2.31. The molecule has 1 heterocycles. The van der Waals surface area contributed by atoms with Crippen LogP contribution in [-0.2, 0) is 14.3 Å². The second kappa shape index (κ2) is 9.84. The Morgan fingerprint density at radius 1 is 1.17 bits per heavy atom. The molecule has 23 heavy (non-hydrogen) atoms. The summed E-state index contributed by atoms with van der Waals surface area (Å²) < 4.78 is 10.8. The highest BCUT2D eigenvalue weighted by molar-refractivity contribution is 5.81. The Labute approximate surface area is 136 Å². The van der Waals surface area contributed by atoms with Gasteiger partial charge in [0.15, 0.2) is 0 Å². The highest BCUT2D eigenvalue weighted by Crippen LogP contribution is 2.11. The predicted octanol–water partition coefficient (Wildman–Crippen LogP) is 1.26. The number of amides is 2. The SMILES string of the molecule is O=C(CCCOc1ccccc1)NCCNC(=O)C1CCCO1. The molecule has 1 aliphatic heterocycles. The first-order valence-electron chi connectivity index (χ1n) is 8.09. The molecule has 1 unspecified atom stereocenters. The van der Waals surface area contributed by atoms with Gasteiger partial charge in [-0.1, -0.05) is 18.2 Å². The van der Waals surface area contributed by atoms with E-state index in [1.54, 1.807) is 0 Å². The van der Waals surface area contributed by atoms with Crippen LogP contribution in [-0.4, -0.2) is 44.2 Å². The number of nitrogens with one attached hydrogen (secondary N) is 2. The molecule has 1 aliphatic rings. The van der Waals surface area contributed by atoms with Crippen molar-refractivity contribution in [1.29, 1.82) is 0 Å². The normalized spacial score (nSPS) is 16.8. The van der Waals surface area contributed by atoms with Crippen LogP contribution in [0.15, 0.2) is 30.3 Å². The Bertz CT molecular complexity index is 487. The predicted molar refractivity (Wildman–Crippen MR) is 86.2 cm³/mol. The van der Waals surface area contributed by atoms with Crippen molar-refractivity contribution in [3.8, 4) is 5.75 Å². The topological polar surface area (TPSA) is 76.7 Å². The standard InChI is InChI=1S/C17H24N2O4/c20-16(9-5-12-22-14-6-2-1-3-7-14)18-10-11-19-17(21)15-8-4-13-23-15/h1-3,6-7,15H,4-5,8-13H2,(H,18,20)(H,19,21). The number of carbonyl (C=O) groups excluding carboxylic acids is 2. The highest BCUT2D eigenvalue weighted by Gasteiger charge is 2.22. The molecule has 1 fully saturated rings. The number of ether oxygens (including phenoxy) is 2. The van der Waals surface area contributed by atoms with E-state index in [2.05, 4.69) is 10.6 Å². The van der Waals surface area contributed by atoms with E-state index in [4.69, 9.17) is 9.47 Å². The lowest BCUT2D eigenvalue weighted by Gasteiger charge is -2.11. The number of carbonyl (C=O) groups is 2. The summed E-state index contributed by atoms with van der Waals surface area (Å²) in [5, 5.41) is 5.54. The van der Waals surface area contributed by atoms with E-state index in [1.165, 1.54) is 0 Å². The summed E-state index contributed by atoms with van der Waals surface area (Å²) >= 11 is 0. The minimum atomic E-state index is -0.319. The maximum atomic E-state index is 11.7. The van der Waals surface area contributed by atoms with Crippen molar-refractivity contribution in [3.63, 3.8) is 0 Å². The third kappa shape index (κ3) is 6.69. The quantitative estimate of drug-likeness (QED) is 0.672. The van der Waals surface area contributed by atoms with Crippen molar-refractivity contribution in [3.05, 3.63) is 30.3 Å². The Kier molecular flexibility index (Phi) is 7.39. The zero-order chi connectivity index (χ0) is 16.3. The van der Waals surface area contributed by atoms with E-state index in [-0.39, 0.29) is 17.9 Å². The first-order chi connectivity index (χ1) is 11.3. The molecule has 2 amide bonds. The zero-order valence-electron chi connectivity index (χ0n) is 13.3. The van der Waals surface area contributed by atoms with Gasteiger partial charge in [-0.15, -0.1) is 0 Å². The molecule has 0 aromatic heterocycles. The summed E-state index contributed by atoms with van der Waals surface area (Å²) in [7, 11) is 0. The van der Waals surface area contributed by atoms with E-state index in [0.29, 0.717) is 39.1 Å². The van der Waals surface area contributed by atoms with Gasteiger partial charge in [0.25, 0.3) is 0 Å². The summed E-state index contributed by atoms with van der Waals surface area (Å²) in [6.07, 6.45) is 2.45. The molecule has 1 saturated heterocycles. The van der Waals surface area contributed by atoms with Gasteiger partial charge in [0, 0.05) is 26.1 Å². The number of benzene rings is 1. The van der Waals surface area contributed by atoms with Crippen LogP contribution in [0.2, 0.25) is 0 Å². The Morgan fingerprint density at radius 3 is 2.70 bits per heavy atom. The van der Waals surface area contributed by atoms with Crippen molar-refractivity contribution in [2.75, 3.05) is 26.3 Å². The third-order valence-electron chi connectivity index (χ3n) is 3.53. The number of hydrogen-bond donors (Lipinski definition) is 2. The summed E-state index contributed by atoms with van der Waals surface area (Å²) in [4.78, 5) is 23.3. The van der Waals surface area contributed by atoms with E-state index in [1.807, 2.05) is 30.3 Å². The van der Waals surface area contributed by atoms with Gasteiger partial charge in [0.1, 0.15) is 11.9 Å². The lowest BCUT2D eigenvalue weighted by atomic mass is 10.2. The molecule has 0 aliphatic carbocycles. The maximum Gasteiger partial charge on any atom is 0.249 e. The molecular weight excluding hydrogens is 296 g/mol. The Balaban J connectivity index is 1.46. The Morgan fingerprint density at radius 2 is 1.96 bits per heavy atom. The summed E-state index contributed by atoms with van der Waals surface area (Å²) in [6.45, 7) is 2.01. The van der Waals surface area contributed by atoms with Crippen LogP contribution in [0, 0.1) is 0 Å². The van der Waals surface area contributed by atoms with Crippen molar-refractivity contribution >= 4 is 11.8 Å². The largest absolute Gasteiger partial charge is 0.494 e. The van der Waals surface area contributed by atoms with Gasteiger partial charge in [-0.25, -0.2) is 0 Å². The van der Waals surface area contributed by atoms with Gasteiger partial charge in [-0.3, -0.25) is 9.59 Å². The first kappa shape index (κ1) is 17.3. The summed E-state index contributed by atoms with van der Waals surface area (Å²) in [5.41, 5.74) is 0. The van der Waals surface area contributed by atoms with Crippen molar-refractivity contribution in [2.45, 2.75) is 31.8 Å². The van der Waals surface area contributed by atoms with E-state index in [9.17, 15) is 9.59 Å². The first-order valence-corrected chi connectivity index (χ1v) is 8.09. The average Bonchev–Trinajstić information content (AvgIpc) is 3.11. The van der Waals surface area contributed by atoms with Gasteiger partial charge >= 0.3 is 0 Å². The molecule has 0 radical (unpaired) electrons. The second-order valence-electron chi connectivity index (χ2n) is 5.41. The van der Waals surface area contributed by atoms with Crippen molar-refractivity contribution in [2.24, 2.45) is 0 Å². The Hall–Kier alpha value is -2.08. The number of rotatable bonds is 9. The fraction of sp³-hybridized carbons (Fsp3) is 0.529. The lowest BCUT2D eigenvalue weighted by molar-refractivity contribution is -0.130. The maximum absolute atomic E-state index is 11.7. The molecule has 2 N–H and O–H groups in total. The molecule has 1 aromatic rings. The van der Waals surface area contributed by atoms with Gasteiger partial charge in [0.05, 0.1) is 6.61 Å². The molecule has 0 spiro atoms. The van der Waals surface area contributed by atoms with E-state index in [0.717, 1.165) is 18.6 Å². The lowest BCUT2D eigenvalue weighted by Crippen LogP contribution is -2.39. The molecule has 6 nitrogen and oxygen atoms in total. The molecule has 0 bridgehead atoms. The monoisotopic (exact) mass is 320 g/mol. The number of para-hydroxylation sites is 1. The molecule has 2 rings (SSSR count). The third-order valence-corrected chi connectivity index (χ3v) is 3.53. The molecule has 126 valence electrons. The summed E-state index contributed by atoms with van der Waals surface area (Å²) in [6, 6.07) is 9.52. The number of hydrogen-bond acceptors (Lipinski definition) is 4. The van der Waals surface area contributed by atoms with Crippen LogP contribution in [0.1, 0.15) is 25.7 Å². The molecule has 6 heteroatoms. The van der Waals surface area contributed by atoms with Crippen molar-refractivity contribution < 1.29 is 19.1 Å². The zero-order valence-corrected chi connectivity index (χ0v) is 13.3. The van der Waals surface area contributed by atoms with Crippen LogP contribution >= 0.6 is 0 Å². The van der Waals surface area contributed by atoms with E-state index < -0.39 is 0 Å². The minimum absolute atomic E-state index is 0.0342. The minimum Gasteiger partial charge on any atom is -0.494 e. The highest BCUT2D eigenvalue weighted by atomic mass is 16.5. The molecule has 0 saturated carbocycles. The average molecular weight is 320 g/mol. The smallest absolute Gasteiger partial charge is 0.249 e. The van der Waals surface area contributed by atoms with Gasteiger partial charge < -0.3 is 20.1 Å².